The molecule has 1 heterocycles. The van der Waals surface area contributed by atoms with Crippen LogP contribution in [0.1, 0.15) is 6.92 Å². The Labute approximate surface area is 123 Å². The molecular weight excluding hydrogens is 273 g/mol. The van der Waals surface area contributed by atoms with Crippen LogP contribution in [0.2, 0.25) is 0 Å². The van der Waals surface area contributed by atoms with Gasteiger partial charge in [-0.3, -0.25) is 9.59 Å². The van der Waals surface area contributed by atoms with Gasteiger partial charge in [-0.2, -0.15) is 0 Å². The molecule has 6 heteroatoms. The Hall–Kier alpha value is -1.95. The second-order valence-corrected chi connectivity index (χ2v) is 5.27. The molecule has 0 bridgehead atoms. The number of anilines is 1. The van der Waals surface area contributed by atoms with E-state index >= 15 is 0 Å². The molecule has 5 nitrogen and oxygen atoms in total. The Bertz CT molecular complexity index is 510. The smallest absolute Gasteiger partial charge is 0.242 e. The second kappa shape index (κ2) is 6.67. The maximum atomic E-state index is 13.0. The number of rotatable bonds is 3. The highest BCUT2D eigenvalue weighted by Gasteiger charge is 2.23. The molecule has 0 N–H and O–H groups in total. The summed E-state index contributed by atoms with van der Waals surface area (Å²) < 4.78 is 13.0. The number of benzene rings is 1. The Kier molecular flexibility index (Phi) is 4.90. The number of amides is 2. The summed E-state index contributed by atoms with van der Waals surface area (Å²) in [7, 11) is 2.02. The van der Waals surface area contributed by atoms with Gasteiger partial charge in [0.2, 0.25) is 11.8 Å². The molecule has 1 aliphatic heterocycles. The summed E-state index contributed by atoms with van der Waals surface area (Å²) in [5.74, 6) is -0.681. The lowest BCUT2D eigenvalue weighted by atomic mass is 10.2. The molecule has 21 heavy (non-hydrogen) atoms. The molecule has 2 rings (SSSR count). The standard InChI is InChI=1S/C15H20FN3O2/c1-12(20)19(14-5-3-13(16)4-6-14)11-15(21)18-9-7-17(2)8-10-18/h3-6H,7-11H2,1-2H3. The van der Waals surface area contributed by atoms with Crippen LogP contribution in [0.15, 0.2) is 24.3 Å². The van der Waals surface area contributed by atoms with Gasteiger partial charge in [-0.15, -0.1) is 0 Å². The zero-order valence-electron chi connectivity index (χ0n) is 12.4. The highest BCUT2D eigenvalue weighted by Crippen LogP contribution is 2.15. The predicted octanol–water partition coefficient (Wildman–Crippen LogP) is 0.953. The first-order chi connectivity index (χ1) is 9.97. The van der Waals surface area contributed by atoms with Gasteiger partial charge >= 0.3 is 0 Å². The number of carbonyl (C=O) groups excluding carboxylic acids is 2. The van der Waals surface area contributed by atoms with Gasteiger partial charge in [0.25, 0.3) is 0 Å². The molecule has 114 valence electrons. The van der Waals surface area contributed by atoms with E-state index in [0.29, 0.717) is 18.8 Å². The molecule has 1 aromatic carbocycles. The molecule has 1 saturated heterocycles. The highest BCUT2D eigenvalue weighted by atomic mass is 19.1. The van der Waals surface area contributed by atoms with Crippen LogP contribution >= 0.6 is 0 Å². The van der Waals surface area contributed by atoms with Crippen molar-refractivity contribution in [2.24, 2.45) is 0 Å². The van der Waals surface area contributed by atoms with E-state index < -0.39 is 0 Å². The van der Waals surface area contributed by atoms with Gasteiger partial charge in [0.15, 0.2) is 0 Å². The Morgan fingerprint density at radius 2 is 1.71 bits per heavy atom. The number of piperazine rings is 1. The fourth-order valence-corrected chi connectivity index (χ4v) is 2.30. The van der Waals surface area contributed by atoms with Crippen molar-refractivity contribution in [2.45, 2.75) is 6.92 Å². The fraction of sp³-hybridized carbons (Fsp3) is 0.467. The van der Waals surface area contributed by atoms with Gasteiger partial charge in [0, 0.05) is 38.8 Å². The van der Waals surface area contributed by atoms with E-state index in [0.717, 1.165) is 13.1 Å². The first-order valence-corrected chi connectivity index (χ1v) is 6.97. The lowest BCUT2D eigenvalue weighted by molar-refractivity contribution is -0.132. The molecule has 0 spiro atoms. The van der Waals surface area contributed by atoms with Gasteiger partial charge in [-0.25, -0.2) is 4.39 Å². The van der Waals surface area contributed by atoms with Crippen LogP contribution in [0.4, 0.5) is 10.1 Å². The van der Waals surface area contributed by atoms with Crippen molar-refractivity contribution in [3.63, 3.8) is 0 Å². The van der Waals surface area contributed by atoms with Crippen LogP contribution in [-0.4, -0.2) is 61.4 Å². The molecule has 1 aliphatic rings. The molecule has 0 aromatic heterocycles. The SMILES string of the molecule is CC(=O)N(CC(=O)N1CCN(C)CC1)c1ccc(F)cc1. The summed E-state index contributed by atoms with van der Waals surface area (Å²) >= 11 is 0. The van der Waals surface area contributed by atoms with Gasteiger partial charge < -0.3 is 14.7 Å². The monoisotopic (exact) mass is 293 g/mol. The average Bonchev–Trinajstić information content (AvgIpc) is 2.46. The van der Waals surface area contributed by atoms with Gasteiger partial charge in [-0.1, -0.05) is 0 Å². The summed E-state index contributed by atoms with van der Waals surface area (Å²) in [6.07, 6.45) is 0. The van der Waals surface area contributed by atoms with Crippen molar-refractivity contribution in [3.8, 4) is 0 Å². The van der Waals surface area contributed by atoms with E-state index in [1.807, 2.05) is 7.05 Å². The third-order valence-corrected chi connectivity index (χ3v) is 3.67. The predicted molar refractivity (Wildman–Crippen MR) is 78.5 cm³/mol. The van der Waals surface area contributed by atoms with Crippen molar-refractivity contribution in [3.05, 3.63) is 30.1 Å². The maximum absolute atomic E-state index is 13.0. The van der Waals surface area contributed by atoms with E-state index in [2.05, 4.69) is 4.90 Å². The molecule has 1 fully saturated rings. The lowest BCUT2D eigenvalue weighted by Gasteiger charge is -2.33. The summed E-state index contributed by atoms with van der Waals surface area (Å²) in [5, 5.41) is 0. The number of likely N-dealkylation sites (N-methyl/N-ethyl adjacent to an activating group) is 1. The zero-order valence-corrected chi connectivity index (χ0v) is 12.4. The van der Waals surface area contributed by atoms with Crippen molar-refractivity contribution >= 4 is 17.5 Å². The number of halogens is 1. The third-order valence-electron chi connectivity index (χ3n) is 3.67. The number of hydrogen-bond acceptors (Lipinski definition) is 3. The molecule has 0 atom stereocenters. The summed E-state index contributed by atoms with van der Waals surface area (Å²) in [6, 6.07) is 5.58. The van der Waals surface area contributed by atoms with Gasteiger partial charge in [0.1, 0.15) is 12.4 Å². The normalized spacial score (nSPS) is 15.9. The second-order valence-electron chi connectivity index (χ2n) is 5.27. The van der Waals surface area contributed by atoms with Gasteiger partial charge in [-0.05, 0) is 31.3 Å². The quantitative estimate of drug-likeness (QED) is 0.833. The maximum Gasteiger partial charge on any atom is 0.242 e. The lowest BCUT2D eigenvalue weighted by Crippen LogP contribution is -2.50. The van der Waals surface area contributed by atoms with Crippen LogP contribution in [0, 0.1) is 5.82 Å². The van der Waals surface area contributed by atoms with E-state index in [1.165, 1.54) is 36.1 Å². The number of nitrogens with zero attached hydrogens (tertiary/aromatic N) is 3. The fourth-order valence-electron chi connectivity index (χ4n) is 2.30. The first-order valence-electron chi connectivity index (χ1n) is 6.97. The topological polar surface area (TPSA) is 43.9 Å². The highest BCUT2D eigenvalue weighted by molar-refractivity contribution is 5.97. The zero-order chi connectivity index (χ0) is 15.4. The molecule has 1 aromatic rings. The Morgan fingerprint density at radius 1 is 1.14 bits per heavy atom. The summed E-state index contributed by atoms with van der Waals surface area (Å²) in [5.41, 5.74) is 0.534. The minimum Gasteiger partial charge on any atom is -0.339 e. The van der Waals surface area contributed by atoms with E-state index in [1.54, 1.807) is 4.90 Å². The van der Waals surface area contributed by atoms with Crippen LogP contribution in [0.3, 0.4) is 0 Å². The van der Waals surface area contributed by atoms with E-state index in [9.17, 15) is 14.0 Å². The summed E-state index contributed by atoms with van der Waals surface area (Å²) in [4.78, 5) is 29.3. The number of carbonyl (C=O) groups is 2. The van der Waals surface area contributed by atoms with Crippen LogP contribution < -0.4 is 4.90 Å². The Morgan fingerprint density at radius 3 is 2.24 bits per heavy atom. The van der Waals surface area contributed by atoms with E-state index in [4.69, 9.17) is 0 Å². The van der Waals surface area contributed by atoms with Crippen LogP contribution in [0.5, 0.6) is 0 Å². The van der Waals surface area contributed by atoms with E-state index in [-0.39, 0.29) is 24.2 Å². The molecular formula is C15H20FN3O2. The molecule has 2 amide bonds. The minimum absolute atomic E-state index is 0.00925. The van der Waals surface area contributed by atoms with Crippen LogP contribution in [0.25, 0.3) is 0 Å². The van der Waals surface area contributed by atoms with Crippen molar-refractivity contribution in [1.29, 1.82) is 0 Å². The number of hydrogen-bond donors (Lipinski definition) is 0. The Balaban J connectivity index is 2.04. The molecule has 0 saturated carbocycles. The minimum atomic E-state index is -0.368. The van der Waals surface area contributed by atoms with Crippen molar-refractivity contribution in [1.82, 2.24) is 9.80 Å². The molecule has 0 unspecified atom stereocenters. The average molecular weight is 293 g/mol. The van der Waals surface area contributed by atoms with Crippen molar-refractivity contribution < 1.29 is 14.0 Å². The van der Waals surface area contributed by atoms with Crippen molar-refractivity contribution in [2.75, 3.05) is 44.7 Å². The summed E-state index contributed by atoms with van der Waals surface area (Å²) in [6.45, 7) is 4.41. The van der Waals surface area contributed by atoms with Gasteiger partial charge in [0.05, 0.1) is 0 Å². The molecule has 0 radical (unpaired) electrons. The largest absolute Gasteiger partial charge is 0.339 e. The molecule has 0 aliphatic carbocycles. The third kappa shape index (κ3) is 4.01. The van der Waals surface area contributed by atoms with Crippen LogP contribution in [-0.2, 0) is 9.59 Å². The first kappa shape index (κ1) is 15.4.